The zero-order valence-electron chi connectivity index (χ0n) is 11.1. The van der Waals surface area contributed by atoms with Crippen molar-refractivity contribution in [3.05, 3.63) is 34.9 Å². The van der Waals surface area contributed by atoms with Crippen molar-refractivity contribution in [3.8, 4) is 0 Å². The Morgan fingerprint density at radius 3 is 3.00 bits per heavy atom. The summed E-state index contributed by atoms with van der Waals surface area (Å²) in [5.41, 5.74) is 1.12. The van der Waals surface area contributed by atoms with Gasteiger partial charge in [-0.2, -0.15) is 0 Å². The molecule has 0 saturated carbocycles. The molecule has 0 saturated heterocycles. The van der Waals surface area contributed by atoms with Crippen LogP contribution < -0.4 is 5.32 Å². The average Bonchev–Trinajstić information content (AvgIpc) is 2.36. The highest BCUT2D eigenvalue weighted by Gasteiger charge is 2.07. The lowest BCUT2D eigenvalue weighted by Crippen LogP contribution is -2.33. The number of thioether (sulfide) groups is 1. The normalized spacial score (nSPS) is 12.2. The summed E-state index contributed by atoms with van der Waals surface area (Å²) < 4.78 is 0. The van der Waals surface area contributed by atoms with Gasteiger partial charge in [0.05, 0.1) is 5.75 Å². The van der Waals surface area contributed by atoms with Gasteiger partial charge in [0.25, 0.3) is 0 Å². The second-order valence-electron chi connectivity index (χ2n) is 4.46. The van der Waals surface area contributed by atoms with Crippen molar-refractivity contribution in [2.24, 2.45) is 0 Å². The summed E-state index contributed by atoms with van der Waals surface area (Å²) in [5, 5.41) is 12.3. The minimum absolute atomic E-state index is 0.0393. The van der Waals surface area contributed by atoms with Gasteiger partial charge in [-0.3, -0.25) is 4.79 Å². The molecule has 1 rings (SSSR count). The number of carbonyl (C=O) groups is 1. The Morgan fingerprint density at radius 1 is 1.53 bits per heavy atom. The first kappa shape index (κ1) is 16.3. The van der Waals surface area contributed by atoms with Crippen LogP contribution in [0.4, 0.5) is 0 Å². The quantitative estimate of drug-likeness (QED) is 0.776. The Labute approximate surface area is 123 Å². The smallest absolute Gasteiger partial charge is 0.230 e. The molecule has 1 amide bonds. The lowest BCUT2D eigenvalue weighted by atomic mass is 10.2. The predicted octanol–water partition coefficient (Wildman–Crippen LogP) is 2.85. The monoisotopic (exact) mass is 301 g/mol. The molecule has 1 unspecified atom stereocenters. The van der Waals surface area contributed by atoms with Gasteiger partial charge in [0.2, 0.25) is 5.91 Å². The fourth-order valence-corrected chi connectivity index (χ4v) is 2.67. The molecule has 0 aliphatic heterocycles. The zero-order valence-corrected chi connectivity index (χ0v) is 12.6. The SMILES string of the molecule is CC(CCCO)NC(=O)CSCc1cccc(Cl)c1. The van der Waals surface area contributed by atoms with Gasteiger partial charge in [-0.1, -0.05) is 23.7 Å². The molecule has 0 aliphatic carbocycles. The number of rotatable bonds is 8. The van der Waals surface area contributed by atoms with Crippen molar-refractivity contribution in [1.29, 1.82) is 0 Å². The van der Waals surface area contributed by atoms with E-state index in [4.69, 9.17) is 16.7 Å². The molecule has 3 nitrogen and oxygen atoms in total. The van der Waals surface area contributed by atoms with Crippen LogP contribution in [0.5, 0.6) is 0 Å². The summed E-state index contributed by atoms with van der Waals surface area (Å²) in [6.07, 6.45) is 1.53. The Kier molecular flexibility index (Phi) is 7.94. The summed E-state index contributed by atoms with van der Waals surface area (Å²) in [6, 6.07) is 7.78. The van der Waals surface area contributed by atoms with E-state index in [0.29, 0.717) is 5.75 Å². The van der Waals surface area contributed by atoms with E-state index < -0.39 is 0 Å². The van der Waals surface area contributed by atoms with Crippen molar-refractivity contribution >= 4 is 29.3 Å². The number of carbonyl (C=O) groups excluding carboxylic acids is 1. The summed E-state index contributed by atoms with van der Waals surface area (Å²) in [4.78, 5) is 11.7. The largest absolute Gasteiger partial charge is 0.396 e. The molecule has 0 aromatic heterocycles. The van der Waals surface area contributed by atoms with Crippen LogP contribution in [0.25, 0.3) is 0 Å². The maximum Gasteiger partial charge on any atom is 0.230 e. The standard InChI is InChI=1S/C14H20ClNO2S/c1-11(4-3-7-17)16-14(18)10-19-9-12-5-2-6-13(15)8-12/h2,5-6,8,11,17H,3-4,7,9-10H2,1H3,(H,16,18). The van der Waals surface area contributed by atoms with Crippen molar-refractivity contribution in [2.45, 2.75) is 31.6 Å². The van der Waals surface area contributed by atoms with Gasteiger partial charge in [-0.25, -0.2) is 0 Å². The number of hydrogen-bond donors (Lipinski definition) is 2. The third kappa shape index (κ3) is 7.45. The Bertz CT molecular complexity index is 401. The molecule has 0 heterocycles. The van der Waals surface area contributed by atoms with E-state index in [2.05, 4.69) is 5.32 Å². The van der Waals surface area contributed by atoms with Gasteiger partial charge >= 0.3 is 0 Å². The average molecular weight is 302 g/mol. The Hall–Kier alpha value is -0.710. The van der Waals surface area contributed by atoms with Gasteiger partial charge in [0.1, 0.15) is 0 Å². The van der Waals surface area contributed by atoms with Crippen LogP contribution in [0.1, 0.15) is 25.3 Å². The molecular formula is C14H20ClNO2S. The number of amides is 1. The highest BCUT2D eigenvalue weighted by atomic mass is 35.5. The van der Waals surface area contributed by atoms with Gasteiger partial charge in [0.15, 0.2) is 0 Å². The van der Waals surface area contributed by atoms with Crippen molar-refractivity contribution in [2.75, 3.05) is 12.4 Å². The maximum atomic E-state index is 11.7. The minimum Gasteiger partial charge on any atom is -0.396 e. The van der Waals surface area contributed by atoms with Crippen LogP contribution in [-0.4, -0.2) is 29.4 Å². The summed E-state index contributed by atoms with van der Waals surface area (Å²) in [6.45, 7) is 2.12. The first-order valence-corrected chi connectivity index (χ1v) is 7.87. The predicted molar refractivity (Wildman–Crippen MR) is 81.5 cm³/mol. The molecular weight excluding hydrogens is 282 g/mol. The second-order valence-corrected chi connectivity index (χ2v) is 5.88. The van der Waals surface area contributed by atoms with Crippen LogP contribution in [0, 0.1) is 0 Å². The molecule has 5 heteroatoms. The minimum atomic E-state index is 0.0393. The summed E-state index contributed by atoms with van der Waals surface area (Å²) in [7, 11) is 0. The Balaban J connectivity index is 2.20. The van der Waals surface area contributed by atoms with Crippen LogP contribution in [0.3, 0.4) is 0 Å². The maximum absolute atomic E-state index is 11.7. The van der Waals surface area contributed by atoms with Crippen LogP contribution in [-0.2, 0) is 10.5 Å². The number of halogens is 1. The fourth-order valence-electron chi connectivity index (χ4n) is 1.67. The highest BCUT2D eigenvalue weighted by molar-refractivity contribution is 7.99. The number of aliphatic hydroxyl groups excluding tert-OH is 1. The highest BCUT2D eigenvalue weighted by Crippen LogP contribution is 2.16. The van der Waals surface area contributed by atoms with Gasteiger partial charge < -0.3 is 10.4 Å². The molecule has 0 fully saturated rings. The number of nitrogens with one attached hydrogen (secondary N) is 1. The number of benzene rings is 1. The lowest BCUT2D eigenvalue weighted by molar-refractivity contribution is -0.119. The zero-order chi connectivity index (χ0) is 14.1. The molecule has 1 atom stereocenters. The van der Waals surface area contributed by atoms with E-state index in [1.54, 1.807) is 11.8 Å². The van der Waals surface area contributed by atoms with E-state index in [1.807, 2.05) is 31.2 Å². The molecule has 0 radical (unpaired) electrons. The van der Waals surface area contributed by atoms with Crippen molar-refractivity contribution in [3.63, 3.8) is 0 Å². The molecule has 1 aromatic rings. The molecule has 2 N–H and O–H groups in total. The van der Waals surface area contributed by atoms with E-state index in [-0.39, 0.29) is 18.6 Å². The second kappa shape index (κ2) is 9.23. The third-order valence-electron chi connectivity index (χ3n) is 2.59. The van der Waals surface area contributed by atoms with Crippen molar-refractivity contribution in [1.82, 2.24) is 5.32 Å². The molecule has 0 aliphatic rings. The van der Waals surface area contributed by atoms with E-state index in [9.17, 15) is 4.79 Å². The van der Waals surface area contributed by atoms with Crippen LogP contribution in [0.2, 0.25) is 5.02 Å². The first-order chi connectivity index (χ1) is 9.11. The molecule has 19 heavy (non-hydrogen) atoms. The van der Waals surface area contributed by atoms with Crippen LogP contribution >= 0.6 is 23.4 Å². The summed E-state index contributed by atoms with van der Waals surface area (Å²) >= 11 is 7.46. The Morgan fingerprint density at radius 2 is 2.32 bits per heavy atom. The molecule has 0 bridgehead atoms. The number of hydrogen-bond acceptors (Lipinski definition) is 3. The van der Waals surface area contributed by atoms with Gasteiger partial charge in [-0.05, 0) is 37.5 Å². The van der Waals surface area contributed by atoms with Crippen molar-refractivity contribution < 1.29 is 9.90 Å². The molecule has 0 spiro atoms. The third-order valence-corrected chi connectivity index (χ3v) is 3.83. The van der Waals surface area contributed by atoms with Gasteiger partial charge in [-0.15, -0.1) is 11.8 Å². The molecule has 106 valence electrons. The number of aliphatic hydroxyl groups is 1. The summed E-state index contributed by atoms with van der Waals surface area (Å²) in [5.74, 6) is 1.26. The van der Waals surface area contributed by atoms with E-state index in [0.717, 1.165) is 29.2 Å². The molecule has 1 aromatic carbocycles. The fraction of sp³-hybridized carbons (Fsp3) is 0.500. The lowest BCUT2D eigenvalue weighted by Gasteiger charge is -2.12. The van der Waals surface area contributed by atoms with E-state index >= 15 is 0 Å². The van der Waals surface area contributed by atoms with Gasteiger partial charge in [0, 0.05) is 23.4 Å². The van der Waals surface area contributed by atoms with E-state index in [1.165, 1.54) is 0 Å². The first-order valence-electron chi connectivity index (χ1n) is 6.34. The topological polar surface area (TPSA) is 49.3 Å². The van der Waals surface area contributed by atoms with Crippen LogP contribution in [0.15, 0.2) is 24.3 Å².